The summed E-state index contributed by atoms with van der Waals surface area (Å²) in [5.41, 5.74) is 6.25. The van der Waals surface area contributed by atoms with Gasteiger partial charge in [-0.2, -0.15) is 0 Å². The van der Waals surface area contributed by atoms with Gasteiger partial charge in [0.2, 0.25) is 0 Å². The van der Waals surface area contributed by atoms with Gasteiger partial charge in [0.15, 0.2) is 0 Å². The average molecular weight is 185 g/mol. The maximum absolute atomic E-state index is 2.42. The maximum atomic E-state index is 2.42. The van der Waals surface area contributed by atoms with Crippen molar-refractivity contribution in [3.05, 3.63) is 41.1 Å². The number of aryl methyl sites for hydroxylation is 1. The minimum Gasteiger partial charge on any atom is -0.377 e. The molecule has 1 aromatic carbocycles. The first-order valence-corrected chi connectivity index (χ1v) is 5.38. The van der Waals surface area contributed by atoms with Gasteiger partial charge in [-0.1, -0.05) is 24.3 Å². The van der Waals surface area contributed by atoms with Crippen LogP contribution >= 0.6 is 0 Å². The largest absolute Gasteiger partial charge is 0.377 e. The molecule has 1 aliphatic carbocycles. The van der Waals surface area contributed by atoms with E-state index in [0.29, 0.717) is 0 Å². The molecule has 0 spiro atoms. The lowest BCUT2D eigenvalue weighted by atomic mass is 9.89. The van der Waals surface area contributed by atoms with Gasteiger partial charge in [0.05, 0.1) is 0 Å². The molecule has 1 nitrogen and oxygen atoms in total. The molecule has 0 radical (unpaired) electrons. The average Bonchev–Trinajstić information content (AvgIpc) is 2.61. The molecule has 0 N–H and O–H groups in total. The Bertz CT molecular complexity index is 403. The van der Waals surface area contributed by atoms with Crippen molar-refractivity contribution in [2.75, 3.05) is 13.6 Å². The summed E-state index contributed by atoms with van der Waals surface area (Å²) in [6, 6.07) is 8.87. The van der Waals surface area contributed by atoms with Gasteiger partial charge in [0.25, 0.3) is 0 Å². The lowest BCUT2D eigenvalue weighted by Crippen LogP contribution is -2.15. The van der Waals surface area contributed by atoms with Gasteiger partial charge < -0.3 is 4.90 Å². The third-order valence-corrected chi connectivity index (χ3v) is 3.48. The molecule has 0 unspecified atom stereocenters. The molecule has 3 rings (SSSR count). The van der Waals surface area contributed by atoms with Crippen molar-refractivity contribution in [3.63, 3.8) is 0 Å². The highest BCUT2D eigenvalue weighted by atomic mass is 15.1. The van der Waals surface area contributed by atoms with Crippen molar-refractivity contribution in [3.8, 4) is 0 Å². The Morgan fingerprint density at radius 1 is 1.07 bits per heavy atom. The molecule has 1 aromatic rings. The molecule has 0 fully saturated rings. The van der Waals surface area contributed by atoms with Crippen LogP contribution in [-0.2, 0) is 6.42 Å². The van der Waals surface area contributed by atoms with E-state index in [1.165, 1.54) is 31.4 Å². The second-order valence-corrected chi connectivity index (χ2v) is 4.25. The van der Waals surface area contributed by atoms with Crippen LogP contribution in [0.25, 0.3) is 5.57 Å². The molecule has 0 saturated carbocycles. The van der Waals surface area contributed by atoms with Crippen LogP contribution in [0.2, 0.25) is 0 Å². The van der Waals surface area contributed by atoms with Crippen LogP contribution in [0.15, 0.2) is 30.0 Å². The van der Waals surface area contributed by atoms with Crippen LogP contribution in [0.1, 0.15) is 24.0 Å². The zero-order valence-corrected chi connectivity index (χ0v) is 8.59. The summed E-state index contributed by atoms with van der Waals surface area (Å²) < 4.78 is 0. The topological polar surface area (TPSA) is 3.24 Å². The molecule has 1 heteroatoms. The summed E-state index contributed by atoms with van der Waals surface area (Å²) in [7, 11) is 2.22. The summed E-state index contributed by atoms with van der Waals surface area (Å²) in [5, 5.41) is 0. The van der Waals surface area contributed by atoms with Crippen molar-refractivity contribution >= 4 is 5.57 Å². The van der Waals surface area contributed by atoms with Crippen molar-refractivity contribution in [2.45, 2.75) is 19.3 Å². The summed E-state index contributed by atoms with van der Waals surface area (Å²) >= 11 is 0. The fourth-order valence-corrected chi connectivity index (χ4v) is 2.71. The van der Waals surface area contributed by atoms with Crippen molar-refractivity contribution in [1.29, 1.82) is 0 Å². The number of benzene rings is 1. The Morgan fingerprint density at radius 2 is 1.93 bits per heavy atom. The zero-order chi connectivity index (χ0) is 9.54. The lowest BCUT2D eigenvalue weighted by Gasteiger charge is -2.22. The Labute approximate surface area is 85.0 Å². The van der Waals surface area contributed by atoms with E-state index in [4.69, 9.17) is 0 Å². The Hall–Kier alpha value is -1.24. The highest BCUT2D eigenvalue weighted by Gasteiger charge is 2.25. The smallest absolute Gasteiger partial charge is 0.0213 e. The second-order valence-electron chi connectivity index (χ2n) is 4.25. The van der Waals surface area contributed by atoms with Crippen LogP contribution < -0.4 is 0 Å². The van der Waals surface area contributed by atoms with Crippen molar-refractivity contribution in [1.82, 2.24) is 4.90 Å². The van der Waals surface area contributed by atoms with Gasteiger partial charge in [-0.3, -0.25) is 0 Å². The highest BCUT2D eigenvalue weighted by Crippen LogP contribution is 2.38. The van der Waals surface area contributed by atoms with Crippen molar-refractivity contribution < 1.29 is 0 Å². The van der Waals surface area contributed by atoms with Gasteiger partial charge in [-0.15, -0.1) is 0 Å². The van der Waals surface area contributed by atoms with Gasteiger partial charge in [0.1, 0.15) is 0 Å². The molecule has 1 heterocycles. The first kappa shape index (κ1) is 8.10. The Balaban J connectivity index is 2.16. The van der Waals surface area contributed by atoms with E-state index in [1.54, 1.807) is 16.8 Å². The number of hydrogen-bond donors (Lipinski definition) is 0. The molecule has 0 amide bonds. The fraction of sp³-hybridized carbons (Fsp3) is 0.385. The van der Waals surface area contributed by atoms with E-state index in [2.05, 4.69) is 36.2 Å². The number of nitrogens with zero attached hydrogens (tertiary/aromatic N) is 1. The van der Waals surface area contributed by atoms with E-state index in [9.17, 15) is 0 Å². The third kappa shape index (κ3) is 1.02. The number of hydrogen-bond acceptors (Lipinski definition) is 1. The molecule has 2 aliphatic rings. The van der Waals surface area contributed by atoms with E-state index >= 15 is 0 Å². The first-order chi connectivity index (χ1) is 6.86. The number of allylic oxidation sites excluding steroid dienone is 1. The fourth-order valence-electron chi connectivity index (χ4n) is 2.71. The number of rotatable bonds is 0. The van der Waals surface area contributed by atoms with Crippen LogP contribution in [0, 0.1) is 0 Å². The van der Waals surface area contributed by atoms with Gasteiger partial charge in [-0.25, -0.2) is 0 Å². The molecule has 0 aromatic heterocycles. The van der Waals surface area contributed by atoms with E-state index in [-0.39, 0.29) is 0 Å². The summed E-state index contributed by atoms with van der Waals surface area (Å²) in [6.07, 6.45) is 3.70. The zero-order valence-electron chi connectivity index (χ0n) is 8.59. The lowest BCUT2D eigenvalue weighted by molar-refractivity contribution is 0.441. The first-order valence-electron chi connectivity index (χ1n) is 5.38. The summed E-state index contributed by atoms with van der Waals surface area (Å²) in [4.78, 5) is 2.42. The normalized spacial score (nSPS) is 19.6. The Kier molecular flexibility index (Phi) is 1.66. The molecule has 0 saturated heterocycles. The van der Waals surface area contributed by atoms with Crippen molar-refractivity contribution in [2.24, 2.45) is 0 Å². The molecule has 72 valence electrons. The van der Waals surface area contributed by atoms with E-state index in [1.807, 2.05) is 0 Å². The van der Waals surface area contributed by atoms with Crippen LogP contribution in [0.3, 0.4) is 0 Å². The summed E-state index contributed by atoms with van der Waals surface area (Å²) in [5.74, 6) is 0. The summed E-state index contributed by atoms with van der Waals surface area (Å²) in [6.45, 7) is 1.21. The quantitative estimate of drug-likeness (QED) is 0.600. The monoisotopic (exact) mass is 185 g/mol. The minimum absolute atomic E-state index is 1.21. The van der Waals surface area contributed by atoms with E-state index < -0.39 is 0 Å². The van der Waals surface area contributed by atoms with Crippen LogP contribution in [0.5, 0.6) is 0 Å². The molecular formula is C13H15N. The Morgan fingerprint density at radius 3 is 2.86 bits per heavy atom. The standard InChI is InChI=1S/C13H15N/c1-14-9-8-12-11-5-3-2-4-10(11)6-7-13(12)14/h2-5H,6-9H2,1H3. The second kappa shape index (κ2) is 2.88. The minimum atomic E-state index is 1.21. The van der Waals surface area contributed by atoms with Gasteiger partial charge in [0, 0.05) is 19.3 Å². The highest BCUT2D eigenvalue weighted by molar-refractivity contribution is 5.74. The van der Waals surface area contributed by atoms with Gasteiger partial charge in [-0.05, 0) is 36.0 Å². The number of fused-ring (bicyclic) bond motifs is 2. The maximum Gasteiger partial charge on any atom is 0.0213 e. The van der Waals surface area contributed by atoms with E-state index in [0.717, 1.165) is 0 Å². The van der Waals surface area contributed by atoms with Crippen LogP contribution in [0.4, 0.5) is 0 Å². The third-order valence-electron chi connectivity index (χ3n) is 3.48. The molecular weight excluding hydrogens is 170 g/mol. The van der Waals surface area contributed by atoms with Gasteiger partial charge >= 0.3 is 0 Å². The SMILES string of the molecule is CN1CCC2=C1CCc1ccccc12. The predicted molar refractivity (Wildman–Crippen MR) is 58.9 cm³/mol. The van der Waals surface area contributed by atoms with Crippen LogP contribution in [-0.4, -0.2) is 18.5 Å². The molecule has 0 atom stereocenters. The predicted octanol–water partition coefficient (Wildman–Crippen LogP) is 2.68. The molecule has 0 bridgehead atoms. The molecule has 14 heavy (non-hydrogen) atoms. The molecule has 1 aliphatic heterocycles.